The Morgan fingerprint density at radius 3 is 1.58 bits per heavy atom. The van der Waals surface area contributed by atoms with Crippen molar-refractivity contribution in [3.8, 4) is 23.9 Å². The van der Waals surface area contributed by atoms with Crippen molar-refractivity contribution in [1.29, 1.82) is 0 Å². The average Bonchev–Trinajstić information content (AvgIpc) is 2.84. The van der Waals surface area contributed by atoms with Crippen LogP contribution in [0, 0.1) is 23.9 Å². The molecule has 12 nitrogen and oxygen atoms in total. The molecule has 0 fully saturated rings. The van der Waals surface area contributed by atoms with Crippen LogP contribution in [0.15, 0.2) is 0 Å². The van der Waals surface area contributed by atoms with Crippen molar-refractivity contribution in [2.45, 2.75) is 39.5 Å². The van der Waals surface area contributed by atoms with Crippen molar-refractivity contribution < 1.29 is 29.9 Å². The number of hydrogen-bond acceptors (Lipinski definition) is 12. The minimum atomic E-state index is -0.470. The molecule has 1 rings (SSSR count). The first-order valence-electron chi connectivity index (χ1n) is 10.8. The molecule has 0 spiro atoms. The van der Waals surface area contributed by atoms with Gasteiger partial charge in [-0.3, -0.25) is 9.80 Å². The molecule has 1 aromatic rings. The molecule has 1 aromatic heterocycles. The van der Waals surface area contributed by atoms with E-state index in [0.29, 0.717) is 13.2 Å². The highest BCUT2D eigenvalue weighted by atomic mass is 16.5. The number of ether oxygens (including phenoxy) is 2. The van der Waals surface area contributed by atoms with E-state index in [2.05, 4.69) is 32.7 Å². The maximum absolute atomic E-state index is 9.84. The first-order valence-corrected chi connectivity index (χ1v) is 10.8. The van der Waals surface area contributed by atoms with Crippen molar-refractivity contribution in [2.75, 3.05) is 68.1 Å². The quantitative estimate of drug-likeness (QED) is 0.139. The lowest BCUT2D eigenvalue weighted by Gasteiger charge is -2.26. The van der Waals surface area contributed by atoms with Crippen molar-refractivity contribution in [1.82, 2.24) is 15.0 Å². The molecular weight excluding hydrogens is 432 g/mol. The molecule has 0 aliphatic heterocycles. The van der Waals surface area contributed by atoms with Crippen molar-refractivity contribution >= 4 is 17.8 Å². The lowest BCUT2D eigenvalue weighted by Crippen LogP contribution is -2.35. The summed E-state index contributed by atoms with van der Waals surface area (Å²) in [4.78, 5) is 17.1. The number of nitrogens with zero attached hydrogens (tertiary/aromatic N) is 6. The molecule has 0 radical (unpaired) electrons. The Labute approximate surface area is 194 Å². The van der Waals surface area contributed by atoms with E-state index in [4.69, 9.17) is 14.6 Å². The molecule has 4 N–H and O–H groups in total. The summed E-state index contributed by atoms with van der Waals surface area (Å²) in [7, 11) is 0. The van der Waals surface area contributed by atoms with Gasteiger partial charge in [0.05, 0.1) is 6.54 Å². The van der Waals surface area contributed by atoms with Crippen LogP contribution in [-0.2, 0) is 9.47 Å². The van der Waals surface area contributed by atoms with Crippen LogP contribution in [0.25, 0.3) is 0 Å². The summed E-state index contributed by atoms with van der Waals surface area (Å²) in [6.07, 6.45) is 5.35. The maximum Gasteiger partial charge on any atom is 0.235 e. The second-order valence-corrected chi connectivity index (χ2v) is 6.76. The lowest BCUT2D eigenvalue weighted by atomic mass is 10.4. The fourth-order valence-corrected chi connectivity index (χ4v) is 2.32. The van der Waals surface area contributed by atoms with Gasteiger partial charge in [-0.2, -0.15) is 15.0 Å². The van der Waals surface area contributed by atoms with Gasteiger partial charge in [-0.25, -0.2) is 0 Å². The fourth-order valence-electron chi connectivity index (χ4n) is 2.32. The summed E-state index contributed by atoms with van der Waals surface area (Å²) >= 11 is 0. The molecule has 0 aliphatic rings. The zero-order chi connectivity index (χ0) is 24.3. The summed E-state index contributed by atoms with van der Waals surface area (Å²) < 4.78 is 11.1. The molecule has 33 heavy (non-hydrogen) atoms. The van der Waals surface area contributed by atoms with Gasteiger partial charge in [0.2, 0.25) is 17.8 Å². The van der Waals surface area contributed by atoms with E-state index < -0.39 is 20.2 Å². The van der Waals surface area contributed by atoms with Gasteiger partial charge < -0.3 is 34.8 Å². The van der Waals surface area contributed by atoms with E-state index in [1.54, 1.807) is 6.11 Å². The second kappa shape index (κ2) is 17.7. The van der Waals surface area contributed by atoms with Crippen LogP contribution in [-0.4, -0.2) is 88.8 Å². The summed E-state index contributed by atoms with van der Waals surface area (Å²) in [5.74, 6) is 7.51. The van der Waals surface area contributed by atoms with Crippen LogP contribution in [0.5, 0.6) is 0 Å². The fraction of sp³-hybridized carbons (Fsp3) is 0.667. The minimum absolute atomic E-state index is 0.00627. The predicted octanol–water partition coefficient (Wildman–Crippen LogP) is 0.0254. The van der Waals surface area contributed by atoms with Crippen LogP contribution >= 0.6 is 0 Å². The Morgan fingerprint density at radius 1 is 0.727 bits per heavy atom. The predicted molar refractivity (Wildman–Crippen MR) is 122 cm³/mol. The first kappa shape index (κ1) is 28.2. The minimum Gasteiger partial charge on any atom is -0.461 e. The molecule has 1 heterocycles. The van der Waals surface area contributed by atoms with Gasteiger partial charge >= 0.3 is 0 Å². The number of hydrogen-bond donors (Lipinski definition) is 4. The standard InChI is InChI=1S/C21H34N6O6/c1-3-5-12-32-17-26(15-30)20-22-19(25(14-29)10-8-7-9-11-28)23-21(24-20)27(16-31)18-33-13-6-4-2/h28-31H,3-6,10,12-18H2,1-2H3. The molecule has 0 unspecified atom stereocenters. The Bertz CT molecular complexity index is 753. The smallest absolute Gasteiger partial charge is 0.235 e. The van der Waals surface area contributed by atoms with Crippen LogP contribution in [0.3, 0.4) is 0 Å². The van der Waals surface area contributed by atoms with Crippen molar-refractivity contribution in [3.05, 3.63) is 0 Å². The van der Waals surface area contributed by atoms with Gasteiger partial charge in [0, 0.05) is 19.1 Å². The number of anilines is 3. The van der Waals surface area contributed by atoms with Crippen molar-refractivity contribution in [3.63, 3.8) is 0 Å². The summed E-state index contributed by atoms with van der Waals surface area (Å²) in [6, 6.07) is 0. The van der Waals surface area contributed by atoms with E-state index in [1.165, 1.54) is 14.7 Å². The first-order chi connectivity index (χ1) is 16.1. The molecule has 184 valence electrons. The van der Waals surface area contributed by atoms with Gasteiger partial charge in [0.15, 0.2) is 0 Å². The molecule has 0 atom stereocenters. The van der Waals surface area contributed by atoms with Crippen LogP contribution in [0.4, 0.5) is 17.8 Å². The van der Waals surface area contributed by atoms with Gasteiger partial charge in [-0.15, -0.1) is 0 Å². The van der Waals surface area contributed by atoms with Gasteiger partial charge in [0.25, 0.3) is 0 Å². The van der Waals surface area contributed by atoms with E-state index in [-0.39, 0.29) is 37.9 Å². The van der Waals surface area contributed by atoms with E-state index in [9.17, 15) is 15.3 Å². The normalized spacial score (nSPS) is 10.1. The van der Waals surface area contributed by atoms with Crippen LogP contribution < -0.4 is 14.7 Å². The Kier molecular flexibility index (Phi) is 15.1. The van der Waals surface area contributed by atoms with Crippen molar-refractivity contribution in [2.24, 2.45) is 0 Å². The zero-order valence-electron chi connectivity index (χ0n) is 19.3. The highest BCUT2D eigenvalue weighted by molar-refractivity contribution is 5.46. The topological polar surface area (TPSA) is 148 Å². The third kappa shape index (κ3) is 10.5. The maximum atomic E-state index is 9.84. The van der Waals surface area contributed by atoms with Gasteiger partial charge in [-0.1, -0.05) is 32.6 Å². The third-order valence-electron chi connectivity index (χ3n) is 4.22. The SMILES string of the molecule is CCCCOCN(CO)c1nc(N(CO)CC#CC#CO)nc(N(CO)COCCCC)n1. The van der Waals surface area contributed by atoms with E-state index in [1.807, 2.05) is 13.8 Å². The summed E-state index contributed by atoms with van der Waals surface area (Å²) in [5.41, 5.74) is 0. The average molecular weight is 467 g/mol. The third-order valence-corrected chi connectivity index (χ3v) is 4.22. The number of aromatic nitrogens is 3. The molecule has 0 aliphatic carbocycles. The van der Waals surface area contributed by atoms with Gasteiger partial charge in [0.1, 0.15) is 39.8 Å². The molecule has 0 aromatic carbocycles. The van der Waals surface area contributed by atoms with Gasteiger partial charge in [-0.05, 0) is 18.8 Å². The van der Waals surface area contributed by atoms with E-state index >= 15 is 0 Å². The number of aliphatic hydroxyl groups is 4. The Balaban J connectivity index is 3.23. The molecule has 0 saturated heterocycles. The summed E-state index contributed by atoms with van der Waals surface area (Å²) in [6.45, 7) is 3.87. The molecule has 0 amide bonds. The molecule has 0 bridgehead atoms. The number of rotatable bonds is 17. The zero-order valence-corrected chi connectivity index (χ0v) is 19.3. The largest absolute Gasteiger partial charge is 0.461 e. The summed E-state index contributed by atoms with van der Waals surface area (Å²) in [5, 5.41) is 38.0. The number of aliphatic hydroxyl groups excluding tert-OH is 4. The second-order valence-electron chi connectivity index (χ2n) is 6.76. The molecule has 0 saturated carbocycles. The Hall–Kier alpha value is -2.87. The Morgan fingerprint density at radius 2 is 1.18 bits per heavy atom. The van der Waals surface area contributed by atoms with Crippen LogP contribution in [0.1, 0.15) is 39.5 Å². The van der Waals surface area contributed by atoms with E-state index in [0.717, 1.165) is 25.7 Å². The molecule has 12 heteroatoms. The van der Waals surface area contributed by atoms with Crippen LogP contribution in [0.2, 0.25) is 0 Å². The lowest BCUT2D eigenvalue weighted by molar-refractivity contribution is 0.112. The highest BCUT2D eigenvalue weighted by Gasteiger charge is 2.20. The number of unbranched alkanes of at least 4 members (excludes halogenated alkanes) is 2. The monoisotopic (exact) mass is 466 g/mol. The molecular formula is C21H34N6O6. The highest BCUT2D eigenvalue weighted by Crippen LogP contribution is 2.19.